The molecule has 0 aliphatic carbocycles. The fourth-order valence-corrected chi connectivity index (χ4v) is 1.09. The first-order chi connectivity index (χ1) is 7.88. The first-order valence-corrected chi connectivity index (χ1v) is 4.68. The molecule has 0 amide bonds. The number of hydrogen-bond donors (Lipinski definition) is 0. The maximum absolute atomic E-state index is 5.37. The van der Waals surface area contributed by atoms with E-state index in [-0.39, 0.29) is 0 Å². The minimum atomic E-state index is 0.350. The van der Waals surface area contributed by atoms with Gasteiger partial charge in [0.25, 0.3) is 0 Å². The van der Waals surface area contributed by atoms with Gasteiger partial charge in [0.1, 0.15) is 18.6 Å². The lowest BCUT2D eigenvalue weighted by atomic mass is 10.3. The van der Waals surface area contributed by atoms with E-state index in [1.807, 2.05) is 12.1 Å². The molecule has 0 aliphatic heterocycles. The van der Waals surface area contributed by atoms with Crippen molar-refractivity contribution in [3.05, 3.63) is 42.6 Å². The minimum absolute atomic E-state index is 0.350. The van der Waals surface area contributed by atoms with Crippen molar-refractivity contribution < 1.29 is 9.47 Å². The Morgan fingerprint density at radius 3 is 2.81 bits per heavy atom. The first-order valence-electron chi connectivity index (χ1n) is 4.68. The molecule has 2 rings (SSSR count). The van der Waals surface area contributed by atoms with Crippen LogP contribution >= 0.6 is 0 Å². The molecule has 16 heavy (non-hydrogen) atoms. The highest BCUT2D eigenvalue weighted by molar-refractivity contribution is 5.19. The van der Waals surface area contributed by atoms with Crippen LogP contribution in [0.15, 0.2) is 30.7 Å². The normalized spacial score (nSPS) is 9.81. The molecule has 81 valence electrons. The van der Waals surface area contributed by atoms with Gasteiger partial charge in [0.2, 0.25) is 5.88 Å². The molecule has 0 atom stereocenters. The number of pyridine rings is 1. The smallest absolute Gasteiger partial charge is 0.232 e. The highest BCUT2D eigenvalue weighted by atomic mass is 16.5. The van der Waals surface area contributed by atoms with Crippen molar-refractivity contribution >= 4 is 0 Å². The quantitative estimate of drug-likeness (QED) is 0.770. The van der Waals surface area contributed by atoms with Gasteiger partial charge in [-0.1, -0.05) is 0 Å². The molecule has 0 aliphatic rings. The lowest BCUT2D eigenvalue weighted by molar-refractivity contribution is 0.287. The number of ether oxygens (including phenoxy) is 2. The summed E-state index contributed by atoms with van der Waals surface area (Å²) in [6.45, 7) is 0.350. The zero-order chi connectivity index (χ0) is 11.2. The topological polar surface area (TPSA) is 57.1 Å². The van der Waals surface area contributed by atoms with Crippen LogP contribution in [-0.2, 0) is 6.61 Å². The third-order valence-corrected chi connectivity index (χ3v) is 1.90. The Balaban J connectivity index is 1.94. The minimum Gasteiger partial charge on any atom is -0.495 e. The lowest BCUT2D eigenvalue weighted by Crippen LogP contribution is -1.99. The second-order valence-electron chi connectivity index (χ2n) is 2.96. The molecular formula is C11H10N3O2. The average molecular weight is 216 g/mol. The van der Waals surface area contributed by atoms with Crippen LogP contribution in [0.1, 0.15) is 5.69 Å². The van der Waals surface area contributed by atoms with Crippen LogP contribution < -0.4 is 9.47 Å². The fourth-order valence-electron chi connectivity index (χ4n) is 1.09. The number of hydrogen-bond acceptors (Lipinski definition) is 5. The monoisotopic (exact) mass is 216 g/mol. The summed E-state index contributed by atoms with van der Waals surface area (Å²) < 4.78 is 10.4. The molecule has 0 unspecified atom stereocenters. The van der Waals surface area contributed by atoms with Gasteiger partial charge in [-0.25, -0.2) is 9.97 Å². The third-order valence-electron chi connectivity index (χ3n) is 1.90. The summed E-state index contributed by atoms with van der Waals surface area (Å²) in [6.07, 6.45) is 7.17. The molecule has 5 heteroatoms. The molecule has 2 aromatic heterocycles. The van der Waals surface area contributed by atoms with Crippen LogP contribution in [0.5, 0.6) is 11.6 Å². The third kappa shape index (κ3) is 2.66. The summed E-state index contributed by atoms with van der Waals surface area (Å²) in [4.78, 5) is 11.9. The summed E-state index contributed by atoms with van der Waals surface area (Å²) >= 11 is 0. The van der Waals surface area contributed by atoms with Gasteiger partial charge in [0, 0.05) is 0 Å². The molecular weight excluding hydrogens is 206 g/mol. The lowest BCUT2D eigenvalue weighted by Gasteiger charge is -2.04. The van der Waals surface area contributed by atoms with Crippen molar-refractivity contribution in [2.24, 2.45) is 0 Å². The SMILES string of the molecule is COc1ccc(COc2cn[c]cn2)nc1. The highest BCUT2D eigenvalue weighted by Gasteiger charge is 1.98. The van der Waals surface area contributed by atoms with Gasteiger partial charge < -0.3 is 9.47 Å². The van der Waals surface area contributed by atoms with E-state index in [2.05, 4.69) is 21.1 Å². The molecule has 0 fully saturated rings. The molecule has 5 nitrogen and oxygen atoms in total. The Hall–Kier alpha value is -2.17. The van der Waals surface area contributed by atoms with Crippen LogP contribution in [0.3, 0.4) is 0 Å². The Kier molecular flexibility index (Phi) is 3.28. The predicted molar refractivity (Wildman–Crippen MR) is 56.0 cm³/mol. The van der Waals surface area contributed by atoms with Crippen LogP contribution in [0.2, 0.25) is 0 Å². The molecule has 1 radical (unpaired) electrons. The van der Waals surface area contributed by atoms with Gasteiger partial charge in [0.15, 0.2) is 0 Å². The van der Waals surface area contributed by atoms with Crippen molar-refractivity contribution in [2.45, 2.75) is 6.61 Å². The second kappa shape index (κ2) is 5.06. The highest BCUT2D eigenvalue weighted by Crippen LogP contribution is 2.09. The van der Waals surface area contributed by atoms with E-state index in [4.69, 9.17) is 9.47 Å². The maximum Gasteiger partial charge on any atom is 0.232 e. The van der Waals surface area contributed by atoms with E-state index in [0.29, 0.717) is 12.5 Å². The van der Waals surface area contributed by atoms with Gasteiger partial charge in [-0.3, -0.25) is 4.98 Å². The Bertz CT molecular complexity index is 431. The van der Waals surface area contributed by atoms with Crippen molar-refractivity contribution in [1.29, 1.82) is 0 Å². The van der Waals surface area contributed by atoms with Gasteiger partial charge in [-0.15, -0.1) is 0 Å². The molecule has 2 heterocycles. The van der Waals surface area contributed by atoms with Gasteiger partial charge >= 0.3 is 0 Å². The van der Waals surface area contributed by atoms with E-state index in [1.54, 1.807) is 13.3 Å². The zero-order valence-corrected chi connectivity index (χ0v) is 8.75. The number of nitrogens with zero attached hydrogens (tertiary/aromatic N) is 3. The van der Waals surface area contributed by atoms with Crippen LogP contribution in [0, 0.1) is 6.20 Å². The molecule has 2 aromatic rings. The number of rotatable bonds is 4. The zero-order valence-electron chi connectivity index (χ0n) is 8.75. The summed E-state index contributed by atoms with van der Waals surface area (Å²) in [5.41, 5.74) is 0.801. The Labute approximate surface area is 93.1 Å². The molecule has 0 aromatic carbocycles. The van der Waals surface area contributed by atoms with Crippen molar-refractivity contribution in [2.75, 3.05) is 7.11 Å². The standard InChI is InChI=1S/C11H10N3O2/c1-15-10-3-2-9(14-6-10)8-16-11-7-12-4-5-13-11/h2-3,5-7H,8H2,1H3. The summed E-state index contributed by atoms with van der Waals surface area (Å²) in [7, 11) is 1.60. The maximum atomic E-state index is 5.37. The number of aromatic nitrogens is 3. The van der Waals surface area contributed by atoms with Crippen molar-refractivity contribution in [1.82, 2.24) is 15.0 Å². The van der Waals surface area contributed by atoms with Crippen molar-refractivity contribution in [3.63, 3.8) is 0 Å². The Morgan fingerprint density at radius 2 is 2.19 bits per heavy atom. The largest absolute Gasteiger partial charge is 0.495 e. The van der Waals surface area contributed by atoms with Crippen LogP contribution in [0.4, 0.5) is 0 Å². The second-order valence-corrected chi connectivity index (χ2v) is 2.96. The summed E-state index contributed by atoms with van der Waals surface area (Å²) in [6, 6.07) is 3.66. The molecule has 0 saturated carbocycles. The van der Waals surface area contributed by atoms with Crippen LogP contribution in [-0.4, -0.2) is 22.1 Å². The molecule has 0 bridgehead atoms. The summed E-state index contributed by atoms with van der Waals surface area (Å²) in [5, 5.41) is 0. The summed E-state index contributed by atoms with van der Waals surface area (Å²) in [5.74, 6) is 1.18. The molecule has 0 spiro atoms. The average Bonchev–Trinajstić information content (AvgIpc) is 2.38. The van der Waals surface area contributed by atoms with E-state index >= 15 is 0 Å². The van der Waals surface area contributed by atoms with E-state index in [9.17, 15) is 0 Å². The fraction of sp³-hybridized carbons (Fsp3) is 0.182. The van der Waals surface area contributed by atoms with Crippen LogP contribution in [0.25, 0.3) is 0 Å². The van der Waals surface area contributed by atoms with Gasteiger partial charge in [0.05, 0.1) is 31.4 Å². The molecule has 0 saturated heterocycles. The predicted octanol–water partition coefficient (Wildman–Crippen LogP) is 1.26. The van der Waals surface area contributed by atoms with E-state index in [1.165, 1.54) is 12.4 Å². The van der Waals surface area contributed by atoms with Gasteiger partial charge in [-0.2, -0.15) is 0 Å². The van der Waals surface area contributed by atoms with Gasteiger partial charge in [-0.05, 0) is 12.1 Å². The van der Waals surface area contributed by atoms with E-state index in [0.717, 1.165) is 11.4 Å². The first kappa shape index (κ1) is 10.4. The molecule has 0 N–H and O–H groups in total. The number of methoxy groups -OCH3 is 1. The van der Waals surface area contributed by atoms with Crippen molar-refractivity contribution in [3.8, 4) is 11.6 Å². The Morgan fingerprint density at radius 1 is 1.25 bits per heavy atom. The van der Waals surface area contributed by atoms with E-state index < -0.39 is 0 Å².